The maximum atomic E-state index is 9.44. The highest BCUT2D eigenvalue weighted by atomic mass is 16.3. The van der Waals surface area contributed by atoms with Gasteiger partial charge in [-0.3, -0.25) is 0 Å². The van der Waals surface area contributed by atoms with Gasteiger partial charge in [0.05, 0.1) is 6.61 Å². The van der Waals surface area contributed by atoms with Crippen LogP contribution in [0, 0.1) is 5.92 Å². The second kappa shape index (κ2) is 3.58. The number of hydrogen-bond acceptors (Lipinski definition) is 2. The molecule has 2 N–H and O–H groups in total. The fourth-order valence-corrected chi connectivity index (χ4v) is 2.32. The van der Waals surface area contributed by atoms with Gasteiger partial charge in [0, 0.05) is 11.6 Å². The summed E-state index contributed by atoms with van der Waals surface area (Å²) < 4.78 is 0. The van der Waals surface area contributed by atoms with Gasteiger partial charge in [0.25, 0.3) is 0 Å². The summed E-state index contributed by atoms with van der Waals surface area (Å²) in [6.07, 6.45) is 7.53. The molecule has 0 atom stereocenters. The van der Waals surface area contributed by atoms with Crippen molar-refractivity contribution < 1.29 is 5.11 Å². The normalized spacial score (nSPS) is 40.6. The monoisotopic (exact) mass is 183 g/mol. The molecule has 2 heteroatoms. The molecule has 2 nitrogen and oxygen atoms in total. The molecule has 2 aliphatic carbocycles. The summed E-state index contributed by atoms with van der Waals surface area (Å²) in [5.41, 5.74) is 0.0909. The number of aliphatic hydroxyl groups excluding tert-OH is 1. The average molecular weight is 183 g/mol. The lowest BCUT2D eigenvalue weighted by Gasteiger charge is -2.39. The molecule has 13 heavy (non-hydrogen) atoms. The van der Waals surface area contributed by atoms with Crippen LogP contribution >= 0.6 is 0 Å². The Morgan fingerprint density at radius 1 is 1.23 bits per heavy atom. The highest BCUT2D eigenvalue weighted by Gasteiger charge is 2.37. The summed E-state index contributed by atoms with van der Waals surface area (Å²) in [7, 11) is 0. The van der Waals surface area contributed by atoms with Crippen molar-refractivity contribution in [2.75, 3.05) is 6.61 Å². The molecule has 0 bridgehead atoms. The van der Waals surface area contributed by atoms with Crippen molar-refractivity contribution in [3.05, 3.63) is 0 Å². The van der Waals surface area contributed by atoms with Crippen molar-refractivity contribution in [2.45, 2.75) is 57.0 Å². The van der Waals surface area contributed by atoms with Crippen LogP contribution in [0.25, 0.3) is 0 Å². The molecule has 0 heterocycles. The molecule has 0 amide bonds. The van der Waals surface area contributed by atoms with Crippen LogP contribution in [0.2, 0.25) is 0 Å². The fraction of sp³-hybridized carbons (Fsp3) is 1.00. The number of aliphatic hydroxyl groups is 1. The van der Waals surface area contributed by atoms with Gasteiger partial charge in [-0.1, -0.05) is 6.92 Å². The second-order valence-corrected chi connectivity index (χ2v) is 5.04. The zero-order chi connectivity index (χ0) is 9.31. The minimum Gasteiger partial charge on any atom is -0.394 e. The third-order valence-corrected chi connectivity index (χ3v) is 3.62. The van der Waals surface area contributed by atoms with Gasteiger partial charge in [-0.05, 0) is 44.4 Å². The van der Waals surface area contributed by atoms with E-state index in [1.807, 2.05) is 0 Å². The zero-order valence-corrected chi connectivity index (χ0v) is 8.55. The minimum absolute atomic E-state index is 0.0909. The molecule has 0 aromatic heterocycles. The van der Waals surface area contributed by atoms with E-state index in [0.29, 0.717) is 6.61 Å². The molecule has 2 aliphatic rings. The van der Waals surface area contributed by atoms with Gasteiger partial charge in [0.2, 0.25) is 0 Å². The van der Waals surface area contributed by atoms with E-state index < -0.39 is 0 Å². The molecule has 0 aromatic rings. The van der Waals surface area contributed by atoms with Gasteiger partial charge in [0.15, 0.2) is 0 Å². The topological polar surface area (TPSA) is 32.3 Å². The predicted octanol–water partition coefficient (Wildman–Crippen LogP) is 1.68. The summed E-state index contributed by atoms with van der Waals surface area (Å²) in [6.45, 7) is 2.65. The van der Waals surface area contributed by atoms with E-state index >= 15 is 0 Å². The van der Waals surface area contributed by atoms with Gasteiger partial charge < -0.3 is 10.4 Å². The Morgan fingerprint density at radius 3 is 2.31 bits per heavy atom. The lowest BCUT2D eigenvalue weighted by Crippen LogP contribution is -2.51. The molecular weight excluding hydrogens is 162 g/mol. The average Bonchev–Trinajstić information content (AvgIpc) is 2.94. The Hall–Kier alpha value is -0.0800. The molecule has 0 spiro atoms. The van der Waals surface area contributed by atoms with Crippen molar-refractivity contribution in [3.8, 4) is 0 Å². The van der Waals surface area contributed by atoms with Gasteiger partial charge in [-0.15, -0.1) is 0 Å². The standard InChI is InChI=1S/C11H21NO/c1-9-4-6-11(8-13,7-5-9)12-10-2-3-10/h9-10,12-13H,2-8H2,1H3. The van der Waals surface area contributed by atoms with Crippen molar-refractivity contribution >= 4 is 0 Å². The van der Waals surface area contributed by atoms with E-state index in [4.69, 9.17) is 0 Å². The first-order chi connectivity index (χ1) is 6.24. The van der Waals surface area contributed by atoms with Crippen LogP contribution in [0.15, 0.2) is 0 Å². The predicted molar refractivity (Wildman–Crippen MR) is 53.6 cm³/mol. The largest absolute Gasteiger partial charge is 0.394 e. The summed E-state index contributed by atoms with van der Waals surface area (Å²) in [5, 5.41) is 13.1. The first kappa shape index (κ1) is 9.47. The molecule has 0 radical (unpaired) electrons. The van der Waals surface area contributed by atoms with E-state index in [1.54, 1.807) is 0 Å². The van der Waals surface area contributed by atoms with Crippen molar-refractivity contribution in [1.29, 1.82) is 0 Å². The fourth-order valence-electron chi connectivity index (χ4n) is 2.32. The van der Waals surface area contributed by atoms with Gasteiger partial charge in [-0.25, -0.2) is 0 Å². The molecule has 76 valence electrons. The summed E-state index contributed by atoms with van der Waals surface area (Å²) in [4.78, 5) is 0. The quantitative estimate of drug-likeness (QED) is 0.697. The summed E-state index contributed by atoms with van der Waals surface area (Å²) in [5.74, 6) is 0.862. The first-order valence-electron chi connectivity index (χ1n) is 5.63. The van der Waals surface area contributed by atoms with Crippen LogP contribution in [0.3, 0.4) is 0 Å². The minimum atomic E-state index is 0.0909. The molecule has 2 fully saturated rings. The molecular formula is C11H21NO. The highest BCUT2D eigenvalue weighted by Crippen LogP contribution is 2.34. The van der Waals surface area contributed by atoms with Crippen LogP contribution in [-0.2, 0) is 0 Å². The Bertz CT molecular complexity index is 169. The Labute approximate surface area is 80.7 Å². The van der Waals surface area contributed by atoms with Gasteiger partial charge in [-0.2, -0.15) is 0 Å². The number of hydrogen-bond donors (Lipinski definition) is 2. The molecule has 0 aliphatic heterocycles. The molecule has 0 saturated heterocycles. The summed E-state index contributed by atoms with van der Waals surface area (Å²) >= 11 is 0. The van der Waals surface area contributed by atoms with Crippen molar-refractivity contribution in [3.63, 3.8) is 0 Å². The van der Waals surface area contributed by atoms with E-state index in [-0.39, 0.29) is 5.54 Å². The summed E-state index contributed by atoms with van der Waals surface area (Å²) in [6, 6.07) is 0.723. The smallest absolute Gasteiger partial charge is 0.0613 e. The van der Waals surface area contributed by atoms with Gasteiger partial charge in [0.1, 0.15) is 0 Å². The zero-order valence-electron chi connectivity index (χ0n) is 8.55. The molecule has 0 unspecified atom stereocenters. The molecule has 0 aromatic carbocycles. The van der Waals surface area contributed by atoms with E-state index in [0.717, 1.165) is 12.0 Å². The SMILES string of the molecule is CC1CCC(CO)(NC2CC2)CC1. The van der Waals surface area contributed by atoms with Crippen LogP contribution < -0.4 is 5.32 Å². The number of rotatable bonds is 3. The lowest BCUT2D eigenvalue weighted by atomic mass is 9.77. The molecule has 2 saturated carbocycles. The van der Waals surface area contributed by atoms with E-state index in [1.165, 1.54) is 38.5 Å². The van der Waals surface area contributed by atoms with E-state index in [2.05, 4.69) is 12.2 Å². The highest BCUT2D eigenvalue weighted by molar-refractivity contribution is 4.97. The van der Waals surface area contributed by atoms with Crippen LogP contribution in [-0.4, -0.2) is 23.3 Å². The van der Waals surface area contributed by atoms with Crippen molar-refractivity contribution in [2.24, 2.45) is 5.92 Å². The van der Waals surface area contributed by atoms with Crippen LogP contribution in [0.4, 0.5) is 0 Å². The van der Waals surface area contributed by atoms with E-state index in [9.17, 15) is 5.11 Å². The maximum absolute atomic E-state index is 9.44. The maximum Gasteiger partial charge on any atom is 0.0613 e. The number of nitrogens with one attached hydrogen (secondary N) is 1. The Balaban J connectivity index is 1.89. The molecule has 2 rings (SSSR count). The Kier molecular flexibility index (Phi) is 2.61. The van der Waals surface area contributed by atoms with Crippen LogP contribution in [0.1, 0.15) is 45.4 Å². The Morgan fingerprint density at radius 2 is 1.85 bits per heavy atom. The third kappa shape index (κ3) is 2.23. The first-order valence-corrected chi connectivity index (χ1v) is 5.63. The van der Waals surface area contributed by atoms with Crippen molar-refractivity contribution in [1.82, 2.24) is 5.32 Å². The second-order valence-electron chi connectivity index (χ2n) is 5.04. The lowest BCUT2D eigenvalue weighted by molar-refractivity contribution is 0.104. The van der Waals surface area contributed by atoms with Crippen LogP contribution in [0.5, 0.6) is 0 Å². The van der Waals surface area contributed by atoms with Gasteiger partial charge >= 0.3 is 0 Å². The third-order valence-electron chi connectivity index (χ3n) is 3.62.